The molecule has 2 fully saturated rings. The van der Waals surface area contributed by atoms with Crippen LogP contribution in [0.15, 0.2) is 36.4 Å². The third-order valence-electron chi connectivity index (χ3n) is 8.50. The Bertz CT molecular complexity index is 1150. The third kappa shape index (κ3) is 7.80. The van der Waals surface area contributed by atoms with Gasteiger partial charge < -0.3 is 25.8 Å². The first-order chi connectivity index (χ1) is 19.4. The van der Waals surface area contributed by atoms with Crippen LogP contribution in [0.2, 0.25) is 0 Å². The molecule has 4 rings (SSSR count). The number of likely N-dealkylation sites (N-methyl/N-ethyl adjacent to an activating group) is 1. The van der Waals surface area contributed by atoms with Crippen molar-refractivity contribution in [2.45, 2.75) is 70.5 Å². The standard InChI is InChI=1S/C31H44FN5O4/c1-30(2,3)35-29(41)31(22-7-11-24(38)12-8-22)13-16-37(17-14-31)28(40)25(19-21-5-9-23(32)10-6-21)34-27(39)26-20-36(4)18-15-33-26/h5-7,9-11,22,25-26,33H,8,12-20H2,1-4H3,(H,34,39)(H,35,41)/t22?,25-,26+/m0/s1. The molecule has 2 aliphatic heterocycles. The van der Waals surface area contributed by atoms with E-state index in [-0.39, 0.29) is 41.7 Å². The quantitative estimate of drug-likeness (QED) is 0.462. The summed E-state index contributed by atoms with van der Waals surface area (Å²) in [6.45, 7) is 8.60. The predicted octanol–water partition coefficient (Wildman–Crippen LogP) is 1.82. The van der Waals surface area contributed by atoms with Gasteiger partial charge in [-0.15, -0.1) is 0 Å². The van der Waals surface area contributed by atoms with Crippen molar-refractivity contribution < 1.29 is 23.6 Å². The fraction of sp³-hybridized carbons (Fsp3) is 0.613. The highest BCUT2D eigenvalue weighted by Gasteiger charge is 2.49. The van der Waals surface area contributed by atoms with E-state index in [1.165, 1.54) is 12.1 Å². The zero-order valence-electron chi connectivity index (χ0n) is 24.7. The summed E-state index contributed by atoms with van der Waals surface area (Å²) in [4.78, 5) is 56.6. The summed E-state index contributed by atoms with van der Waals surface area (Å²) in [6.07, 6.45) is 5.61. The van der Waals surface area contributed by atoms with Gasteiger partial charge in [0.05, 0.1) is 11.5 Å². The molecule has 1 aromatic carbocycles. The minimum absolute atomic E-state index is 0.0512. The van der Waals surface area contributed by atoms with Crippen LogP contribution in [0.25, 0.3) is 0 Å². The number of piperidine rings is 1. The molecule has 41 heavy (non-hydrogen) atoms. The van der Waals surface area contributed by atoms with Crippen molar-refractivity contribution >= 4 is 23.5 Å². The first-order valence-corrected chi connectivity index (χ1v) is 14.7. The van der Waals surface area contributed by atoms with E-state index in [0.29, 0.717) is 51.9 Å². The average Bonchev–Trinajstić information content (AvgIpc) is 2.93. The number of halogens is 1. The molecule has 0 bridgehead atoms. The minimum Gasteiger partial charge on any atom is -0.351 e. The lowest BCUT2D eigenvalue weighted by atomic mass is 9.64. The first kappa shape index (κ1) is 30.8. The molecule has 0 radical (unpaired) electrons. The Morgan fingerprint density at radius 1 is 1.12 bits per heavy atom. The summed E-state index contributed by atoms with van der Waals surface area (Å²) in [5.41, 5.74) is -0.406. The molecule has 1 aromatic rings. The first-order valence-electron chi connectivity index (χ1n) is 14.7. The number of benzene rings is 1. The molecule has 3 amide bonds. The lowest BCUT2D eigenvalue weighted by molar-refractivity contribution is -0.146. The summed E-state index contributed by atoms with van der Waals surface area (Å²) in [7, 11) is 1.95. The van der Waals surface area contributed by atoms with Crippen LogP contribution in [-0.2, 0) is 25.6 Å². The Kier molecular flexibility index (Phi) is 9.64. The topological polar surface area (TPSA) is 111 Å². The van der Waals surface area contributed by atoms with Crippen LogP contribution in [0.5, 0.6) is 0 Å². The molecule has 2 heterocycles. The number of piperazine rings is 1. The number of carbonyl (C=O) groups excluding carboxylic acids is 4. The second kappa shape index (κ2) is 12.8. The number of allylic oxidation sites excluding steroid dienone is 2. The number of nitrogens with one attached hydrogen (secondary N) is 3. The van der Waals surface area contributed by atoms with E-state index in [9.17, 15) is 23.6 Å². The molecule has 3 atom stereocenters. The van der Waals surface area contributed by atoms with Crippen LogP contribution in [0.4, 0.5) is 4.39 Å². The van der Waals surface area contributed by atoms with Crippen molar-refractivity contribution in [1.29, 1.82) is 0 Å². The molecule has 3 aliphatic rings. The zero-order valence-corrected chi connectivity index (χ0v) is 24.7. The highest BCUT2D eigenvalue weighted by Crippen LogP contribution is 2.44. The lowest BCUT2D eigenvalue weighted by Gasteiger charge is -2.46. The van der Waals surface area contributed by atoms with Crippen LogP contribution in [-0.4, -0.2) is 90.7 Å². The lowest BCUT2D eigenvalue weighted by Crippen LogP contribution is -2.61. The molecule has 10 heteroatoms. The van der Waals surface area contributed by atoms with Gasteiger partial charge in [0.1, 0.15) is 11.9 Å². The fourth-order valence-corrected chi connectivity index (χ4v) is 6.14. The van der Waals surface area contributed by atoms with Crippen molar-refractivity contribution in [2.24, 2.45) is 11.3 Å². The summed E-state index contributed by atoms with van der Waals surface area (Å²) >= 11 is 0. The van der Waals surface area contributed by atoms with E-state index < -0.39 is 23.0 Å². The Hall–Kier alpha value is -3.11. The summed E-state index contributed by atoms with van der Waals surface area (Å²) in [5.74, 6) is -0.905. The molecule has 224 valence electrons. The van der Waals surface area contributed by atoms with Gasteiger partial charge in [-0.3, -0.25) is 19.2 Å². The van der Waals surface area contributed by atoms with Crippen molar-refractivity contribution in [3.63, 3.8) is 0 Å². The van der Waals surface area contributed by atoms with Crippen LogP contribution >= 0.6 is 0 Å². The molecule has 9 nitrogen and oxygen atoms in total. The van der Waals surface area contributed by atoms with E-state index in [0.717, 1.165) is 12.1 Å². The summed E-state index contributed by atoms with van der Waals surface area (Å²) in [6, 6.07) is 4.69. The van der Waals surface area contributed by atoms with Gasteiger partial charge in [0.25, 0.3) is 0 Å². The van der Waals surface area contributed by atoms with Crippen molar-refractivity contribution in [3.05, 3.63) is 47.8 Å². The van der Waals surface area contributed by atoms with Gasteiger partial charge in [0, 0.05) is 51.1 Å². The number of likely N-dealkylation sites (tertiary alicyclic amines) is 1. The zero-order chi connectivity index (χ0) is 29.8. The van der Waals surface area contributed by atoms with Crippen LogP contribution in [0.3, 0.4) is 0 Å². The van der Waals surface area contributed by atoms with E-state index >= 15 is 0 Å². The second-order valence-corrected chi connectivity index (χ2v) is 12.8. The van der Waals surface area contributed by atoms with Crippen LogP contribution in [0, 0.1) is 17.2 Å². The van der Waals surface area contributed by atoms with E-state index in [1.807, 2.05) is 33.9 Å². The molecule has 1 aliphatic carbocycles. The van der Waals surface area contributed by atoms with Crippen molar-refractivity contribution in [3.8, 4) is 0 Å². The monoisotopic (exact) mass is 569 g/mol. The Labute approximate surface area is 242 Å². The van der Waals surface area contributed by atoms with Gasteiger partial charge in [-0.2, -0.15) is 0 Å². The molecular formula is C31H44FN5O4. The molecule has 2 saturated heterocycles. The third-order valence-corrected chi connectivity index (χ3v) is 8.50. The number of amides is 3. The van der Waals surface area contributed by atoms with Gasteiger partial charge in [0.2, 0.25) is 17.7 Å². The minimum atomic E-state index is -0.829. The number of ketones is 1. The Morgan fingerprint density at radius 2 is 1.80 bits per heavy atom. The number of rotatable bonds is 7. The van der Waals surface area contributed by atoms with E-state index in [2.05, 4.69) is 20.9 Å². The molecule has 0 spiro atoms. The maximum Gasteiger partial charge on any atom is 0.245 e. The number of carbonyl (C=O) groups is 4. The normalized spacial score (nSPS) is 24.0. The van der Waals surface area contributed by atoms with Crippen molar-refractivity contribution in [1.82, 2.24) is 25.8 Å². The van der Waals surface area contributed by atoms with Gasteiger partial charge in [-0.05, 0) is 76.8 Å². The highest BCUT2D eigenvalue weighted by atomic mass is 19.1. The maximum absolute atomic E-state index is 13.9. The summed E-state index contributed by atoms with van der Waals surface area (Å²) < 4.78 is 13.6. The average molecular weight is 570 g/mol. The number of hydrogen-bond acceptors (Lipinski definition) is 6. The Balaban J connectivity index is 1.52. The SMILES string of the molecule is CN1CCN[C@@H](C(=O)N[C@@H](Cc2ccc(F)cc2)C(=O)N2CCC(C(=O)NC(C)(C)C)(C3C=CC(=O)CC3)CC2)C1. The maximum atomic E-state index is 13.9. The largest absolute Gasteiger partial charge is 0.351 e. The smallest absolute Gasteiger partial charge is 0.245 e. The molecule has 0 saturated carbocycles. The van der Waals surface area contributed by atoms with E-state index in [1.54, 1.807) is 23.1 Å². The van der Waals surface area contributed by atoms with Gasteiger partial charge in [-0.25, -0.2) is 4.39 Å². The summed E-state index contributed by atoms with van der Waals surface area (Å²) in [5, 5.41) is 9.34. The molecular weight excluding hydrogens is 525 g/mol. The fourth-order valence-electron chi connectivity index (χ4n) is 6.14. The predicted molar refractivity (Wildman–Crippen MR) is 154 cm³/mol. The molecule has 0 aromatic heterocycles. The number of nitrogens with zero attached hydrogens (tertiary/aromatic N) is 2. The number of hydrogen-bond donors (Lipinski definition) is 3. The molecule has 1 unspecified atom stereocenters. The van der Waals surface area contributed by atoms with Gasteiger partial charge in [-0.1, -0.05) is 18.2 Å². The van der Waals surface area contributed by atoms with Gasteiger partial charge in [0.15, 0.2) is 5.78 Å². The van der Waals surface area contributed by atoms with Crippen LogP contribution < -0.4 is 16.0 Å². The van der Waals surface area contributed by atoms with Crippen LogP contribution in [0.1, 0.15) is 52.0 Å². The van der Waals surface area contributed by atoms with E-state index in [4.69, 9.17) is 0 Å². The van der Waals surface area contributed by atoms with Gasteiger partial charge >= 0.3 is 0 Å². The van der Waals surface area contributed by atoms with Crippen molar-refractivity contribution in [2.75, 3.05) is 39.8 Å². The second-order valence-electron chi connectivity index (χ2n) is 12.8. The Morgan fingerprint density at radius 3 is 2.39 bits per heavy atom. The highest BCUT2D eigenvalue weighted by molar-refractivity contribution is 5.92. The molecule has 3 N–H and O–H groups in total.